The molecule has 9 heteroatoms. The van der Waals surface area contributed by atoms with E-state index >= 15 is 0 Å². The maximum Gasteiger partial charge on any atom is 0.279 e. The van der Waals surface area contributed by atoms with E-state index in [0.717, 1.165) is 16.7 Å². The predicted octanol–water partition coefficient (Wildman–Crippen LogP) is 2.94. The van der Waals surface area contributed by atoms with E-state index in [4.69, 9.17) is 20.6 Å². The molecule has 0 bridgehead atoms. The molecule has 1 aromatic carbocycles. The van der Waals surface area contributed by atoms with Gasteiger partial charge in [-0.2, -0.15) is 0 Å². The first kappa shape index (κ1) is 20.3. The lowest BCUT2D eigenvalue weighted by Crippen LogP contribution is -2.22. The number of aromatic amines is 2. The molecule has 1 atom stereocenters. The Morgan fingerprint density at radius 2 is 1.88 bits per heavy atom. The Labute approximate surface area is 187 Å². The van der Waals surface area contributed by atoms with E-state index in [0.29, 0.717) is 28.3 Å². The minimum Gasteiger partial charge on any atom is -0.465 e. The summed E-state index contributed by atoms with van der Waals surface area (Å²) in [6.07, 6.45) is 4.74. The molecule has 4 aromatic rings. The first-order chi connectivity index (χ1) is 16.0. The number of hydrogen-bond acceptors (Lipinski definition) is 6. The van der Waals surface area contributed by atoms with Crippen LogP contribution < -0.4 is 21.6 Å². The van der Waals surface area contributed by atoms with Gasteiger partial charge < -0.3 is 25.2 Å². The summed E-state index contributed by atoms with van der Waals surface area (Å²) in [5, 5.41) is 7.51. The van der Waals surface area contributed by atoms with Crippen LogP contribution in [0.2, 0.25) is 0 Å². The molecule has 1 aliphatic rings. The normalized spacial score (nSPS) is 14.0. The SMILES string of the molecule is N=C(N)OCC1c2cc(-c3ccc[nH]c3=O)ccc2Oc2cnc(-c3cc[nH]c(=O)c3)cc21. The van der Waals surface area contributed by atoms with Gasteiger partial charge in [0.05, 0.1) is 17.8 Å². The van der Waals surface area contributed by atoms with E-state index < -0.39 is 6.02 Å². The number of hydrogen-bond donors (Lipinski definition) is 4. The standard InChI is InChI=1S/C24H19N5O4/c25-24(26)32-12-18-16-8-13(15-2-1-6-28-23(15)31)3-4-20(16)33-21-11-29-19(10-17(18)21)14-5-7-27-22(30)9-14/h1-11,18H,12H2,(H3,25,26)(H,27,30)(H,28,31). The number of benzene rings is 1. The smallest absolute Gasteiger partial charge is 0.279 e. The molecule has 0 saturated heterocycles. The number of nitrogens with two attached hydrogens (primary N) is 1. The summed E-state index contributed by atoms with van der Waals surface area (Å²) >= 11 is 0. The van der Waals surface area contributed by atoms with Crippen LogP contribution in [0.3, 0.4) is 0 Å². The fourth-order valence-corrected chi connectivity index (χ4v) is 3.95. The largest absolute Gasteiger partial charge is 0.465 e. The fraction of sp³-hybridized carbons (Fsp3) is 0.0833. The van der Waals surface area contributed by atoms with Crippen LogP contribution in [-0.4, -0.2) is 27.6 Å². The fourth-order valence-electron chi connectivity index (χ4n) is 3.95. The van der Waals surface area contributed by atoms with Crippen molar-refractivity contribution in [1.82, 2.24) is 15.0 Å². The zero-order valence-electron chi connectivity index (χ0n) is 17.3. The van der Waals surface area contributed by atoms with Crippen LogP contribution in [0.5, 0.6) is 11.5 Å². The summed E-state index contributed by atoms with van der Waals surface area (Å²) in [5.74, 6) is 0.791. The summed E-state index contributed by atoms with van der Waals surface area (Å²) in [6.45, 7) is 0.0894. The third-order valence-electron chi connectivity index (χ3n) is 5.48. The summed E-state index contributed by atoms with van der Waals surface area (Å²) in [6, 6.07) is 13.7. The van der Waals surface area contributed by atoms with Crippen LogP contribution in [0.1, 0.15) is 17.0 Å². The van der Waals surface area contributed by atoms with Gasteiger partial charge in [-0.3, -0.25) is 20.0 Å². The predicted molar refractivity (Wildman–Crippen MR) is 123 cm³/mol. The Balaban J connectivity index is 1.64. The number of H-pyrrole nitrogens is 2. The summed E-state index contributed by atoms with van der Waals surface area (Å²) < 4.78 is 11.5. The van der Waals surface area contributed by atoms with E-state index in [1.54, 1.807) is 42.9 Å². The van der Waals surface area contributed by atoms with Crippen molar-refractivity contribution in [3.8, 4) is 33.9 Å². The molecule has 0 spiro atoms. The lowest BCUT2D eigenvalue weighted by molar-refractivity contribution is 0.274. The third kappa shape index (κ3) is 3.87. The van der Waals surface area contributed by atoms with Gasteiger partial charge in [0.1, 0.15) is 18.1 Å². The van der Waals surface area contributed by atoms with Crippen molar-refractivity contribution >= 4 is 6.02 Å². The van der Waals surface area contributed by atoms with Crippen LogP contribution in [0.25, 0.3) is 22.4 Å². The Morgan fingerprint density at radius 1 is 1.03 bits per heavy atom. The zero-order chi connectivity index (χ0) is 22.9. The van der Waals surface area contributed by atoms with Gasteiger partial charge in [-0.15, -0.1) is 0 Å². The van der Waals surface area contributed by atoms with Gasteiger partial charge in [-0.1, -0.05) is 6.07 Å². The maximum atomic E-state index is 12.3. The molecule has 1 unspecified atom stereocenters. The molecule has 5 rings (SSSR count). The molecular formula is C24H19N5O4. The number of ether oxygens (including phenoxy) is 2. The van der Waals surface area contributed by atoms with Gasteiger partial charge >= 0.3 is 0 Å². The van der Waals surface area contributed by atoms with Crippen molar-refractivity contribution in [3.63, 3.8) is 0 Å². The maximum absolute atomic E-state index is 12.3. The van der Waals surface area contributed by atoms with Gasteiger partial charge in [-0.05, 0) is 42.0 Å². The molecule has 3 aromatic heterocycles. The molecule has 1 aliphatic heterocycles. The van der Waals surface area contributed by atoms with Crippen LogP contribution in [0.15, 0.2) is 76.7 Å². The molecule has 0 aliphatic carbocycles. The minimum atomic E-state index is -0.399. The molecule has 0 amide bonds. The van der Waals surface area contributed by atoms with Gasteiger partial charge in [0, 0.05) is 40.7 Å². The Bertz CT molecular complexity index is 1490. The van der Waals surface area contributed by atoms with E-state index in [-0.39, 0.29) is 23.6 Å². The van der Waals surface area contributed by atoms with Crippen molar-refractivity contribution in [2.45, 2.75) is 5.92 Å². The molecule has 0 radical (unpaired) electrons. The first-order valence-electron chi connectivity index (χ1n) is 10.2. The highest BCUT2D eigenvalue weighted by Crippen LogP contribution is 2.46. The first-order valence-corrected chi connectivity index (χ1v) is 10.2. The lowest BCUT2D eigenvalue weighted by Gasteiger charge is -2.28. The summed E-state index contributed by atoms with van der Waals surface area (Å²) in [7, 11) is 0. The Hall–Kier alpha value is -4.66. The number of nitrogens with one attached hydrogen (secondary N) is 3. The molecular weight excluding hydrogens is 422 g/mol. The second kappa shape index (κ2) is 8.12. The average Bonchev–Trinajstić information content (AvgIpc) is 2.81. The minimum absolute atomic E-state index is 0.0894. The van der Waals surface area contributed by atoms with Crippen molar-refractivity contribution < 1.29 is 9.47 Å². The quantitative estimate of drug-likeness (QED) is 0.283. The summed E-state index contributed by atoms with van der Waals surface area (Å²) in [4.78, 5) is 33.8. The molecule has 9 nitrogen and oxygen atoms in total. The number of aromatic nitrogens is 3. The lowest BCUT2D eigenvalue weighted by atomic mass is 9.86. The molecule has 0 saturated carbocycles. The van der Waals surface area contributed by atoms with Crippen molar-refractivity contribution in [3.05, 3.63) is 99.0 Å². The van der Waals surface area contributed by atoms with Crippen molar-refractivity contribution in [2.75, 3.05) is 6.61 Å². The Morgan fingerprint density at radius 3 is 2.67 bits per heavy atom. The van der Waals surface area contributed by atoms with Crippen LogP contribution in [0, 0.1) is 5.41 Å². The monoisotopic (exact) mass is 441 g/mol. The third-order valence-corrected chi connectivity index (χ3v) is 5.48. The van der Waals surface area contributed by atoms with Crippen LogP contribution in [-0.2, 0) is 4.74 Å². The average molecular weight is 441 g/mol. The van der Waals surface area contributed by atoms with E-state index in [1.807, 2.05) is 18.2 Å². The van der Waals surface area contributed by atoms with E-state index in [1.165, 1.54) is 6.07 Å². The van der Waals surface area contributed by atoms with Gasteiger partial charge in [0.25, 0.3) is 11.6 Å². The van der Waals surface area contributed by atoms with Gasteiger partial charge in [0.2, 0.25) is 5.56 Å². The van der Waals surface area contributed by atoms with Crippen molar-refractivity contribution in [1.29, 1.82) is 5.41 Å². The van der Waals surface area contributed by atoms with Gasteiger partial charge in [-0.25, -0.2) is 0 Å². The highest BCUT2D eigenvalue weighted by Gasteiger charge is 2.30. The van der Waals surface area contributed by atoms with Crippen molar-refractivity contribution in [2.24, 2.45) is 5.73 Å². The van der Waals surface area contributed by atoms with Gasteiger partial charge in [0.15, 0.2) is 0 Å². The van der Waals surface area contributed by atoms with Crippen LogP contribution in [0.4, 0.5) is 0 Å². The molecule has 164 valence electrons. The Kier molecular flexibility index (Phi) is 4.98. The second-order valence-electron chi connectivity index (χ2n) is 7.54. The molecule has 33 heavy (non-hydrogen) atoms. The summed E-state index contributed by atoms with van der Waals surface area (Å²) in [5.41, 5.74) is 9.08. The molecule has 5 N–H and O–H groups in total. The van der Waals surface area contributed by atoms with E-state index in [2.05, 4.69) is 15.0 Å². The number of amidine groups is 1. The number of nitrogens with zero attached hydrogens (tertiary/aromatic N) is 1. The second-order valence-corrected chi connectivity index (χ2v) is 7.54. The zero-order valence-corrected chi connectivity index (χ0v) is 17.3. The highest BCUT2D eigenvalue weighted by atomic mass is 16.5. The van der Waals surface area contributed by atoms with E-state index in [9.17, 15) is 9.59 Å². The number of rotatable bonds is 4. The number of fused-ring (bicyclic) bond motifs is 2. The topological polar surface area (TPSA) is 147 Å². The molecule has 0 fully saturated rings. The highest BCUT2D eigenvalue weighted by molar-refractivity contribution is 5.70. The number of pyridine rings is 3. The van der Waals surface area contributed by atoms with Crippen LogP contribution >= 0.6 is 0 Å². The molecule has 4 heterocycles.